The number of ether oxygens (including phenoxy) is 1. The van der Waals surface area contributed by atoms with E-state index in [1.165, 1.54) is 6.92 Å². The van der Waals surface area contributed by atoms with Crippen molar-refractivity contribution in [3.8, 4) is 5.75 Å². The van der Waals surface area contributed by atoms with E-state index in [1.54, 1.807) is 30.6 Å². The lowest BCUT2D eigenvalue weighted by atomic mass is 10.1. The fraction of sp³-hybridized carbons (Fsp3) is 0.348. The van der Waals surface area contributed by atoms with E-state index < -0.39 is 36.2 Å². The van der Waals surface area contributed by atoms with Gasteiger partial charge in [-0.3, -0.25) is 24.6 Å². The molecule has 0 unspecified atom stereocenters. The number of guanidine groups is 1. The summed E-state index contributed by atoms with van der Waals surface area (Å²) in [6.07, 6.45) is 2.57. The minimum atomic E-state index is -2.21. The minimum Gasteiger partial charge on any atom is -0.455 e. The third kappa shape index (κ3) is 7.40. The molecule has 35 heavy (non-hydrogen) atoms. The molecule has 2 rings (SSSR count). The summed E-state index contributed by atoms with van der Waals surface area (Å²) in [6.45, 7) is 0.772. The quantitative estimate of drug-likeness (QED) is 0.0582. The highest BCUT2D eigenvalue weighted by Crippen LogP contribution is 2.28. The highest BCUT2D eigenvalue weighted by Gasteiger charge is 2.42. The number of amides is 3. The lowest BCUT2D eigenvalue weighted by molar-refractivity contribution is -0.148. The van der Waals surface area contributed by atoms with Crippen molar-refractivity contribution in [3.63, 3.8) is 0 Å². The average Bonchev–Trinajstić information content (AvgIpc) is 2.85. The molecule has 0 saturated carbocycles. The molecular weight excluding hydrogens is 456 g/mol. The molecule has 12 nitrogen and oxygen atoms in total. The summed E-state index contributed by atoms with van der Waals surface area (Å²) < 4.78 is 5.80. The summed E-state index contributed by atoms with van der Waals surface area (Å²) in [5.74, 6) is -1.64. The zero-order valence-electron chi connectivity index (χ0n) is 19.2. The molecule has 0 aliphatic carbocycles. The van der Waals surface area contributed by atoms with Gasteiger partial charge in [-0.1, -0.05) is 36.4 Å². The van der Waals surface area contributed by atoms with Gasteiger partial charge in [0.1, 0.15) is 18.4 Å². The van der Waals surface area contributed by atoms with Crippen molar-refractivity contribution < 1.29 is 29.0 Å². The fourth-order valence-electron chi connectivity index (χ4n) is 3.22. The Kier molecular flexibility index (Phi) is 9.97. The van der Waals surface area contributed by atoms with Crippen LogP contribution in [0.1, 0.15) is 19.8 Å². The molecule has 0 aliphatic heterocycles. The van der Waals surface area contributed by atoms with Crippen LogP contribution in [0.5, 0.6) is 5.75 Å². The van der Waals surface area contributed by atoms with E-state index in [0.717, 1.165) is 5.39 Å². The molecule has 0 heterocycles. The van der Waals surface area contributed by atoms with E-state index in [4.69, 9.17) is 15.9 Å². The average molecular weight is 486 g/mol. The Morgan fingerprint density at radius 3 is 2.60 bits per heavy atom. The molecule has 2 aromatic rings. The molecule has 8 N–H and O–H groups in total. The van der Waals surface area contributed by atoms with Gasteiger partial charge in [-0.15, -0.1) is 0 Å². The van der Waals surface area contributed by atoms with E-state index in [1.807, 2.05) is 18.2 Å². The van der Waals surface area contributed by atoms with Gasteiger partial charge in [0.05, 0.1) is 6.04 Å². The van der Waals surface area contributed by atoms with Crippen molar-refractivity contribution in [2.75, 3.05) is 13.2 Å². The predicted octanol–water partition coefficient (Wildman–Crippen LogP) is -0.984. The third-order valence-corrected chi connectivity index (χ3v) is 5.10. The number of nitrogens with two attached hydrogens (primary N) is 1. The summed E-state index contributed by atoms with van der Waals surface area (Å²) in [5.41, 5.74) is 2.97. The number of benzene rings is 2. The SMILES string of the molecule is C[C@H](NC(=O)[C@@](CO)(NC=O)Oc1cccc2ccccc12)C(=O)N[C@H]([C]=O)CCCNC(=N)N. The van der Waals surface area contributed by atoms with Gasteiger partial charge < -0.3 is 36.8 Å². The Morgan fingerprint density at radius 1 is 1.23 bits per heavy atom. The number of fused-ring (bicyclic) bond motifs is 1. The number of hydrogen-bond donors (Lipinski definition) is 7. The first kappa shape index (κ1) is 27.1. The van der Waals surface area contributed by atoms with E-state index >= 15 is 0 Å². The van der Waals surface area contributed by atoms with Crippen molar-refractivity contribution in [1.82, 2.24) is 21.3 Å². The Labute approximate surface area is 202 Å². The highest BCUT2D eigenvalue weighted by atomic mass is 16.5. The number of rotatable bonds is 14. The second-order valence-corrected chi connectivity index (χ2v) is 7.68. The lowest BCUT2D eigenvalue weighted by Crippen LogP contribution is -2.65. The maximum atomic E-state index is 13.1. The Bertz CT molecular complexity index is 1060. The largest absolute Gasteiger partial charge is 0.455 e. The second kappa shape index (κ2) is 12.9. The van der Waals surface area contributed by atoms with Gasteiger partial charge in [0, 0.05) is 11.9 Å². The van der Waals surface area contributed by atoms with Crippen LogP contribution >= 0.6 is 0 Å². The number of aliphatic hydroxyl groups is 1. The molecule has 0 aromatic heterocycles. The van der Waals surface area contributed by atoms with Gasteiger partial charge in [-0.05, 0) is 31.2 Å². The molecule has 187 valence electrons. The summed E-state index contributed by atoms with van der Waals surface area (Å²) in [7, 11) is 0. The molecule has 0 aliphatic rings. The Balaban J connectivity index is 2.10. The first-order chi connectivity index (χ1) is 16.8. The van der Waals surface area contributed by atoms with E-state index in [2.05, 4.69) is 21.3 Å². The van der Waals surface area contributed by atoms with Crippen LogP contribution in [0.3, 0.4) is 0 Å². The van der Waals surface area contributed by atoms with E-state index in [-0.39, 0.29) is 24.5 Å². The monoisotopic (exact) mass is 485 g/mol. The van der Waals surface area contributed by atoms with Gasteiger partial charge in [-0.2, -0.15) is 0 Å². The van der Waals surface area contributed by atoms with Gasteiger partial charge in [0.25, 0.3) is 11.6 Å². The van der Waals surface area contributed by atoms with Crippen LogP contribution in [0.2, 0.25) is 0 Å². The molecule has 0 saturated heterocycles. The maximum Gasteiger partial charge on any atom is 0.289 e. The summed E-state index contributed by atoms with van der Waals surface area (Å²) in [5, 5.41) is 28.2. The normalized spacial score (nSPS) is 14.0. The first-order valence-corrected chi connectivity index (χ1v) is 10.8. The number of nitrogens with one attached hydrogen (secondary N) is 5. The van der Waals surface area contributed by atoms with Crippen LogP contribution in [0.15, 0.2) is 42.5 Å². The summed E-state index contributed by atoms with van der Waals surface area (Å²) in [4.78, 5) is 48.1. The van der Waals surface area contributed by atoms with Gasteiger partial charge >= 0.3 is 0 Å². The van der Waals surface area contributed by atoms with Crippen molar-refractivity contribution >= 4 is 41.2 Å². The topological polar surface area (TPSA) is 196 Å². The third-order valence-electron chi connectivity index (χ3n) is 5.10. The smallest absolute Gasteiger partial charge is 0.289 e. The molecule has 2 aromatic carbocycles. The van der Waals surface area contributed by atoms with Crippen LogP contribution in [-0.4, -0.2) is 66.5 Å². The molecule has 0 bridgehead atoms. The number of carbonyl (C=O) groups is 3. The molecule has 3 amide bonds. The van der Waals surface area contributed by atoms with Crippen molar-refractivity contribution in [3.05, 3.63) is 42.5 Å². The molecular formula is C23H29N6O6. The molecule has 12 heteroatoms. The van der Waals surface area contributed by atoms with Crippen LogP contribution in [0.4, 0.5) is 0 Å². The van der Waals surface area contributed by atoms with Crippen molar-refractivity contribution in [2.24, 2.45) is 5.73 Å². The van der Waals surface area contributed by atoms with Crippen molar-refractivity contribution in [1.29, 1.82) is 5.41 Å². The van der Waals surface area contributed by atoms with Crippen LogP contribution in [0, 0.1) is 5.41 Å². The van der Waals surface area contributed by atoms with Crippen LogP contribution in [-0.2, 0) is 19.2 Å². The van der Waals surface area contributed by atoms with Crippen LogP contribution in [0.25, 0.3) is 10.8 Å². The fourth-order valence-corrected chi connectivity index (χ4v) is 3.22. The molecule has 3 atom stereocenters. The highest BCUT2D eigenvalue weighted by molar-refractivity contribution is 5.94. The first-order valence-electron chi connectivity index (χ1n) is 10.8. The molecule has 0 fully saturated rings. The number of aliphatic hydroxyl groups excluding tert-OH is 1. The minimum absolute atomic E-state index is 0.206. The zero-order chi connectivity index (χ0) is 25.8. The summed E-state index contributed by atoms with van der Waals surface area (Å²) >= 11 is 0. The van der Waals surface area contributed by atoms with Gasteiger partial charge in [0.2, 0.25) is 18.6 Å². The van der Waals surface area contributed by atoms with E-state index in [0.29, 0.717) is 18.4 Å². The molecule has 0 spiro atoms. The predicted molar refractivity (Wildman–Crippen MR) is 128 cm³/mol. The van der Waals surface area contributed by atoms with E-state index in [9.17, 15) is 24.3 Å². The van der Waals surface area contributed by atoms with Gasteiger partial charge in [-0.25, -0.2) is 0 Å². The maximum absolute atomic E-state index is 13.1. The van der Waals surface area contributed by atoms with Gasteiger partial charge in [0.15, 0.2) is 5.96 Å². The zero-order valence-corrected chi connectivity index (χ0v) is 19.2. The van der Waals surface area contributed by atoms with Crippen LogP contribution < -0.4 is 31.7 Å². The number of carbonyl (C=O) groups excluding carboxylic acids is 4. The standard InChI is InChI=1S/C23H29N6O6/c1-15(20(33)29-17(12-30)8-5-11-26-22(24)25)28-21(34)23(13-31,27-14-32)35-19-10-4-7-16-6-2-3-9-18(16)19/h2-4,6-7,9-10,14-15,17,31H,5,8,11,13H2,1H3,(H,27,32)(H,28,34)(H,29,33)(H4,24,25,26)/t15-,17-,23-/m0/s1. The van der Waals surface area contributed by atoms with Crippen molar-refractivity contribution in [2.45, 2.75) is 37.6 Å². The Hall–Kier alpha value is -4.19. The molecule has 1 radical (unpaired) electrons. The second-order valence-electron chi connectivity index (χ2n) is 7.68. The number of hydrogen-bond acceptors (Lipinski definition) is 7. The Morgan fingerprint density at radius 2 is 1.94 bits per heavy atom. The summed E-state index contributed by atoms with van der Waals surface area (Å²) in [6, 6.07) is 10.2. The lowest BCUT2D eigenvalue weighted by Gasteiger charge is -2.32.